The fourth-order valence-electron chi connectivity index (χ4n) is 3.41. The Bertz CT molecular complexity index is 989. The van der Waals surface area contributed by atoms with Crippen molar-refractivity contribution in [3.05, 3.63) is 77.2 Å². The van der Waals surface area contributed by atoms with E-state index in [4.69, 9.17) is 0 Å². The van der Waals surface area contributed by atoms with Crippen molar-refractivity contribution in [2.45, 2.75) is 25.3 Å². The molecular formula is C21H18FN3O2. The van der Waals surface area contributed by atoms with E-state index >= 15 is 0 Å². The number of fused-ring (bicyclic) bond motifs is 1. The Kier molecular flexibility index (Phi) is 4.54. The molecule has 1 aromatic heterocycles. The lowest BCUT2D eigenvalue weighted by Gasteiger charge is -2.26. The summed E-state index contributed by atoms with van der Waals surface area (Å²) in [7, 11) is 0. The van der Waals surface area contributed by atoms with Gasteiger partial charge in [-0.2, -0.15) is 0 Å². The Hall–Kier alpha value is -3.28. The van der Waals surface area contributed by atoms with Crippen LogP contribution in [0.1, 0.15) is 27.9 Å². The van der Waals surface area contributed by atoms with Crippen LogP contribution in [0.2, 0.25) is 0 Å². The summed E-state index contributed by atoms with van der Waals surface area (Å²) in [6.07, 6.45) is 4.20. The first kappa shape index (κ1) is 17.1. The first-order valence-corrected chi connectivity index (χ1v) is 8.79. The molecule has 0 saturated carbocycles. The first-order valence-electron chi connectivity index (χ1n) is 8.79. The van der Waals surface area contributed by atoms with Gasteiger partial charge in [0.15, 0.2) is 0 Å². The van der Waals surface area contributed by atoms with Crippen molar-refractivity contribution >= 4 is 11.9 Å². The van der Waals surface area contributed by atoms with Crippen LogP contribution < -0.4 is 5.32 Å². The van der Waals surface area contributed by atoms with Crippen molar-refractivity contribution < 1.29 is 14.3 Å². The number of nitrogens with zero attached hydrogens (tertiary/aromatic N) is 2. The van der Waals surface area contributed by atoms with Gasteiger partial charge in [0, 0.05) is 17.8 Å². The molecule has 1 aliphatic carbocycles. The molecule has 1 heterocycles. The molecule has 0 saturated heterocycles. The summed E-state index contributed by atoms with van der Waals surface area (Å²) in [5.41, 5.74) is 4.09. The highest BCUT2D eigenvalue weighted by Gasteiger charge is 2.20. The largest absolute Gasteiger partial charge is 0.478 e. The second-order valence-corrected chi connectivity index (χ2v) is 6.65. The molecule has 3 aromatic rings. The van der Waals surface area contributed by atoms with Gasteiger partial charge in [0.25, 0.3) is 0 Å². The number of carboxylic acids is 1. The maximum atomic E-state index is 13.1. The predicted molar refractivity (Wildman–Crippen MR) is 100 cm³/mol. The van der Waals surface area contributed by atoms with Gasteiger partial charge in [0.05, 0.1) is 11.3 Å². The second-order valence-electron chi connectivity index (χ2n) is 6.65. The van der Waals surface area contributed by atoms with E-state index < -0.39 is 5.97 Å². The minimum Gasteiger partial charge on any atom is -0.478 e. The number of aryl methyl sites for hydroxylation is 1. The highest BCUT2D eigenvalue weighted by Crippen LogP contribution is 2.25. The number of carbonyl (C=O) groups is 1. The number of nitrogens with one attached hydrogen (secondary N) is 1. The molecule has 5 nitrogen and oxygen atoms in total. The summed E-state index contributed by atoms with van der Waals surface area (Å²) in [6, 6.07) is 13.4. The van der Waals surface area contributed by atoms with E-state index in [-0.39, 0.29) is 11.9 Å². The Labute approximate surface area is 155 Å². The molecule has 0 fully saturated rings. The van der Waals surface area contributed by atoms with Gasteiger partial charge < -0.3 is 10.4 Å². The van der Waals surface area contributed by atoms with Crippen LogP contribution in [0.3, 0.4) is 0 Å². The average Bonchev–Trinajstić information content (AvgIpc) is 2.68. The fourth-order valence-corrected chi connectivity index (χ4v) is 3.41. The minimum absolute atomic E-state index is 0.130. The number of aromatic carboxylic acids is 1. The van der Waals surface area contributed by atoms with Crippen LogP contribution in [0.25, 0.3) is 11.3 Å². The van der Waals surface area contributed by atoms with Gasteiger partial charge >= 0.3 is 5.97 Å². The second kappa shape index (κ2) is 7.15. The van der Waals surface area contributed by atoms with Gasteiger partial charge in [-0.25, -0.2) is 19.2 Å². The molecule has 4 rings (SSSR count). The molecule has 1 unspecified atom stereocenters. The summed E-state index contributed by atoms with van der Waals surface area (Å²) in [6.45, 7) is 0. The van der Waals surface area contributed by atoms with Gasteiger partial charge in [0.2, 0.25) is 5.95 Å². The van der Waals surface area contributed by atoms with Crippen LogP contribution in [0.15, 0.2) is 54.7 Å². The molecule has 2 aromatic carbocycles. The predicted octanol–water partition coefficient (Wildman–Crippen LogP) is 3.95. The van der Waals surface area contributed by atoms with Crippen LogP contribution in [0, 0.1) is 5.82 Å². The standard InChI is InChI=1S/C21H18FN3O2/c22-17-6-3-14(4-7-17)19-9-10-23-21(25-19)24-18-8-5-13-1-2-15(20(26)27)11-16(13)12-18/h1-4,6-7,9-11,18H,5,8,12H2,(H,26,27)(H,23,24,25). The van der Waals surface area contributed by atoms with Crippen LogP contribution in [0.4, 0.5) is 10.3 Å². The summed E-state index contributed by atoms with van der Waals surface area (Å²) >= 11 is 0. The number of anilines is 1. The molecule has 27 heavy (non-hydrogen) atoms. The van der Waals surface area contributed by atoms with E-state index in [1.54, 1.807) is 36.5 Å². The summed E-state index contributed by atoms with van der Waals surface area (Å²) < 4.78 is 13.1. The Balaban J connectivity index is 1.52. The molecule has 1 aliphatic rings. The highest BCUT2D eigenvalue weighted by atomic mass is 19.1. The molecule has 2 N–H and O–H groups in total. The van der Waals surface area contributed by atoms with Crippen molar-refractivity contribution in [2.24, 2.45) is 0 Å². The van der Waals surface area contributed by atoms with Crippen LogP contribution in [0.5, 0.6) is 0 Å². The zero-order valence-corrected chi connectivity index (χ0v) is 14.5. The molecule has 0 aliphatic heterocycles. The SMILES string of the molecule is O=C(O)c1ccc2c(c1)CC(Nc1nccc(-c3ccc(F)cc3)n1)CC2. The van der Waals surface area contributed by atoms with Crippen molar-refractivity contribution in [3.8, 4) is 11.3 Å². The van der Waals surface area contributed by atoms with Crippen molar-refractivity contribution in [2.75, 3.05) is 5.32 Å². The number of hydrogen-bond donors (Lipinski definition) is 2. The quantitative estimate of drug-likeness (QED) is 0.734. The molecule has 0 radical (unpaired) electrons. The van der Waals surface area contributed by atoms with Gasteiger partial charge in [-0.3, -0.25) is 0 Å². The lowest BCUT2D eigenvalue weighted by molar-refractivity contribution is 0.0696. The van der Waals surface area contributed by atoms with E-state index in [0.717, 1.165) is 36.1 Å². The Morgan fingerprint density at radius 3 is 2.70 bits per heavy atom. The van der Waals surface area contributed by atoms with E-state index in [1.807, 2.05) is 6.07 Å². The van der Waals surface area contributed by atoms with E-state index in [1.165, 1.54) is 17.7 Å². The fraction of sp³-hybridized carbons (Fsp3) is 0.190. The number of benzene rings is 2. The number of aromatic nitrogens is 2. The topological polar surface area (TPSA) is 75.1 Å². The number of hydrogen-bond acceptors (Lipinski definition) is 4. The molecule has 0 bridgehead atoms. The highest BCUT2D eigenvalue weighted by molar-refractivity contribution is 5.88. The van der Waals surface area contributed by atoms with Crippen molar-refractivity contribution in [1.29, 1.82) is 0 Å². The summed E-state index contributed by atoms with van der Waals surface area (Å²) in [5, 5.41) is 12.5. The van der Waals surface area contributed by atoms with Gasteiger partial charge in [-0.1, -0.05) is 6.07 Å². The Morgan fingerprint density at radius 1 is 1.11 bits per heavy atom. The van der Waals surface area contributed by atoms with Gasteiger partial charge in [-0.05, 0) is 72.9 Å². The number of carboxylic acid groups (broad SMARTS) is 1. The Morgan fingerprint density at radius 2 is 1.93 bits per heavy atom. The monoisotopic (exact) mass is 363 g/mol. The molecule has 1 atom stereocenters. The van der Waals surface area contributed by atoms with Crippen LogP contribution in [-0.2, 0) is 12.8 Å². The number of rotatable bonds is 4. The summed E-state index contributed by atoms with van der Waals surface area (Å²) in [5.74, 6) is -0.685. The minimum atomic E-state index is -0.914. The third kappa shape index (κ3) is 3.79. The lowest BCUT2D eigenvalue weighted by atomic mass is 9.87. The average molecular weight is 363 g/mol. The normalized spacial score (nSPS) is 15.8. The molecule has 6 heteroatoms. The molecule has 0 spiro atoms. The van der Waals surface area contributed by atoms with Crippen LogP contribution >= 0.6 is 0 Å². The maximum absolute atomic E-state index is 13.1. The van der Waals surface area contributed by atoms with Crippen molar-refractivity contribution in [3.63, 3.8) is 0 Å². The zero-order chi connectivity index (χ0) is 18.8. The van der Waals surface area contributed by atoms with Crippen molar-refractivity contribution in [1.82, 2.24) is 9.97 Å². The van der Waals surface area contributed by atoms with E-state index in [2.05, 4.69) is 15.3 Å². The molecular weight excluding hydrogens is 345 g/mol. The molecule has 136 valence electrons. The first-order chi connectivity index (χ1) is 13.1. The van der Waals surface area contributed by atoms with Gasteiger partial charge in [0.1, 0.15) is 5.82 Å². The number of halogens is 1. The van der Waals surface area contributed by atoms with E-state index in [9.17, 15) is 14.3 Å². The van der Waals surface area contributed by atoms with Crippen LogP contribution in [-0.4, -0.2) is 27.1 Å². The zero-order valence-electron chi connectivity index (χ0n) is 14.5. The third-order valence-corrected chi connectivity index (χ3v) is 4.81. The van der Waals surface area contributed by atoms with Gasteiger partial charge in [-0.15, -0.1) is 0 Å². The lowest BCUT2D eigenvalue weighted by Crippen LogP contribution is -2.28. The summed E-state index contributed by atoms with van der Waals surface area (Å²) in [4.78, 5) is 20.0. The molecule has 0 amide bonds. The smallest absolute Gasteiger partial charge is 0.335 e. The maximum Gasteiger partial charge on any atom is 0.335 e. The third-order valence-electron chi connectivity index (χ3n) is 4.81. The van der Waals surface area contributed by atoms with E-state index in [0.29, 0.717) is 11.5 Å².